The zero-order valence-corrected chi connectivity index (χ0v) is 14.6. The Bertz CT molecular complexity index is 608. The molecule has 0 bridgehead atoms. The summed E-state index contributed by atoms with van der Waals surface area (Å²) in [5.74, 6) is 0.512. The number of hydrogen-bond donors (Lipinski definition) is 3. The second-order valence-corrected chi connectivity index (χ2v) is 7.93. The van der Waals surface area contributed by atoms with Gasteiger partial charge in [-0.25, -0.2) is 4.79 Å². The number of aromatic nitrogens is 2. The quantitative estimate of drug-likeness (QED) is 0.791. The van der Waals surface area contributed by atoms with Crippen molar-refractivity contribution in [2.45, 2.75) is 70.6 Å². The van der Waals surface area contributed by atoms with Crippen LogP contribution < -0.4 is 10.6 Å². The van der Waals surface area contributed by atoms with E-state index in [0.29, 0.717) is 12.0 Å². The normalized spacial score (nSPS) is 31.5. The molecule has 132 valence electrons. The number of ether oxygens (including phenoxy) is 1. The molecule has 3 fully saturated rings. The molecular weight excluding hydrogens is 304 g/mol. The molecule has 2 amide bonds. The Morgan fingerprint density at radius 1 is 1.50 bits per heavy atom. The third-order valence-corrected chi connectivity index (χ3v) is 6.22. The third kappa shape index (κ3) is 2.61. The Labute approximate surface area is 143 Å². The summed E-state index contributed by atoms with van der Waals surface area (Å²) in [5, 5.41) is 13.5. The van der Waals surface area contributed by atoms with Crippen LogP contribution in [0.3, 0.4) is 0 Å². The van der Waals surface area contributed by atoms with Gasteiger partial charge in [-0.15, -0.1) is 0 Å². The first-order chi connectivity index (χ1) is 11.6. The molecule has 2 aliphatic carbocycles. The van der Waals surface area contributed by atoms with Crippen LogP contribution in [0.15, 0.2) is 6.07 Å². The molecule has 0 aromatic carbocycles. The van der Waals surface area contributed by atoms with Crippen molar-refractivity contribution >= 4 is 6.03 Å². The summed E-state index contributed by atoms with van der Waals surface area (Å²) in [6, 6.07) is 2.32. The predicted molar refractivity (Wildman–Crippen MR) is 90.7 cm³/mol. The monoisotopic (exact) mass is 332 g/mol. The number of carbonyl (C=O) groups is 1. The molecule has 1 aliphatic heterocycles. The van der Waals surface area contributed by atoms with E-state index in [2.05, 4.69) is 20.8 Å². The summed E-state index contributed by atoms with van der Waals surface area (Å²) in [7, 11) is 0. The van der Waals surface area contributed by atoms with Gasteiger partial charge in [0.05, 0.1) is 11.8 Å². The lowest BCUT2D eigenvalue weighted by Gasteiger charge is -2.56. The lowest BCUT2D eigenvalue weighted by atomic mass is 9.54. The van der Waals surface area contributed by atoms with Crippen molar-refractivity contribution in [2.24, 2.45) is 11.3 Å². The summed E-state index contributed by atoms with van der Waals surface area (Å²) < 4.78 is 5.98. The fraction of sp³-hybridized carbons (Fsp3) is 0.778. The highest BCUT2D eigenvalue weighted by molar-refractivity contribution is 5.75. The molecule has 1 aromatic heterocycles. The smallest absolute Gasteiger partial charge is 0.315 e. The Kier molecular flexibility index (Phi) is 4.03. The summed E-state index contributed by atoms with van der Waals surface area (Å²) in [6.07, 6.45) is 7.13. The van der Waals surface area contributed by atoms with Gasteiger partial charge in [0.1, 0.15) is 0 Å². The minimum absolute atomic E-state index is 0.0450. The van der Waals surface area contributed by atoms with Gasteiger partial charge in [-0.3, -0.25) is 5.10 Å². The number of hydrogen-bond acceptors (Lipinski definition) is 3. The van der Waals surface area contributed by atoms with Crippen molar-refractivity contribution < 1.29 is 9.53 Å². The number of nitrogens with zero attached hydrogens (tertiary/aromatic N) is 1. The van der Waals surface area contributed by atoms with Gasteiger partial charge in [-0.05, 0) is 39.2 Å². The van der Waals surface area contributed by atoms with Crippen LogP contribution in [-0.2, 0) is 11.2 Å². The van der Waals surface area contributed by atoms with Gasteiger partial charge in [0.2, 0.25) is 0 Å². The van der Waals surface area contributed by atoms with Crippen molar-refractivity contribution in [3.05, 3.63) is 17.5 Å². The van der Waals surface area contributed by atoms with E-state index < -0.39 is 0 Å². The Hall–Kier alpha value is -1.56. The van der Waals surface area contributed by atoms with Crippen LogP contribution in [0.2, 0.25) is 0 Å². The number of carbonyl (C=O) groups excluding carboxylic acids is 1. The maximum Gasteiger partial charge on any atom is 0.315 e. The molecule has 4 atom stereocenters. The van der Waals surface area contributed by atoms with E-state index in [1.165, 1.54) is 25.7 Å². The maximum atomic E-state index is 12.5. The number of fused-ring (bicyclic) bond motifs is 2. The first-order valence-corrected chi connectivity index (χ1v) is 9.28. The van der Waals surface area contributed by atoms with Gasteiger partial charge in [0.25, 0.3) is 0 Å². The fourth-order valence-electron chi connectivity index (χ4n) is 5.25. The average Bonchev–Trinajstić information content (AvgIpc) is 3.24. The Morgan fingerprint density at radius 3 is 3.00 bits per heavy atom. The topological polar surface area (TPSA) is 79.0 Å². The minimum Gasteiger partial charge on any atom is -0.377 e. The lowest BCUT2D eigenvalue weighted by Crippen LogP contribution is -2.69. The zero-order chi connectivity index (χ0) is 16.7. The van der Waals surface area contributed by atoms with Crippen LogP contribution in [0.5, 0.6) is 0 Å². The first-order valence-electron chi connectivity index (χ1n) is 9.28. The molecule has 6 nitrogen and oxygen atoms in total. The van der Waals surface area contributed by atoms with Gasteiger partial charge < -0.3 is 15.4 Å². The Morgan fingerprint density at radius 2 is 2.29 bits per heavy atom. The van der Waals surface area contributed by atoms with Crippen LogP contribution >= 0.6 is 0 Å². The van der Waals surface area contributed by atoms with E-state index in [-0.39, 0.29) is 23.5 Å². The summed E-state index contributed by atoms with van der Waals surface area (Å²) in [5.41, 5.74) is 2.24. The number of urea groups is 1. The van der Waals surface area contributed by atoms with Crippen molar-refractivity contribution in [3.8, 4) is 0 Å². The molecule has 1 spiro atoms. The second-order valence-electron chi connectivity index (χ2n) is 7.93. The molecule has 0 radical (unpaired) electrons. The van der Waals surface area contributed by atoms with E-state index in [4.69, 9.17) is 4.74 Å². The predicted octanol–water partition coefficient (Wildman–Crippen LogP) is 2.30. The zero-order valence-electron chi connectivity index (χ0n) is 14.6. The second kappa shape index (κ2) is 6.06. The Balaban J connectivity index is 1.33. The van der Waals surface area contributed by atoms with Crippen LogP contribution in [0.1, 0.15) is 50.4 Å². The van der Waals surface area contributed by atoms with E-state index >= 15 is 0 Å². The largest absolute Gasteiger partial charge is 0.377 e. The molecule has 2 heterocycles. The third-order valence-electron chi connectivity index (χ3n) is 6.22. The number of aromatic amines is 1. The van der Waals surface area contributed by atoms with E-state index in [1.54, 1.807) is 0 Å². The molecular formula is C18H28N4O2. The van der Waals surface area contributed by atoms with Crippen LogP contribution in [-0.4, -0.2) is 41.0 Å². The molecule has 1 aromatic rings. The highest BCUT2D eigenvalue weighted by Crippen LogP contribution is 2.60. The molecule has 0 unspecified atom stereocenters. The maximum absolute atomic E-state index is 12.5. The van der Waals surface area contributed by atoms with Crippen LogP contribution in [0, 0.1) is 18.3 Å². The highest BCUT2D eigenvalue weighted by Gasteiger charge is 2.65. The van der Waals surface area contributed by atoms with Crippen LogP contribution in [0.4, 0.5) is 4.79 Å². The van der Waals surface area contributed by atoms with Gasteiger partial charge in [0, 0.05) is 42.1 Å². The van der Waals surface area contributed by atoms with Gasteiger partial charge in [-0.1, -0.05) is 12.8 Å². The molecule has 3 aliphatic rings. The first kappa shape index (κ1) is 15.9. The molecule has 3 N–H and O–H groups in total. The van der Waals surface area contributed by atoms with Gasteiger partial charge in [0.15, 0.2) is 0 Å². The summed E-state index contributed by atoms with van der Waals surface area (Å²) in [4.78, 5) is 12.5. The molecule has 1 saturated heterocycles. The molecule has 2 saturated carbocycles. The highest BCUT2D eigenvalue weighted by atomic mass is 16.5. The lowest BCUT2D eigenvalue weighted by molar-refractivity contribution is -0.126. The summed E-state index contributed by atoms with van der Waals surface area (Å²) >= 11 is 0. The minimum atomic E-state index is -0.0450. The van der Waals surface area contributed by atoms with Crippen molar-refractivity contribution in [3.63, 3.8) is 0 Å². The van der Waals surface area contributed by atoms with Crippen molar-refractivity contribution in [1.29, 1.82) is 0 Å². The molecule has 24 heavy (non-hydrogen) atoms. The number of rotatable bonds is 4. The number of amides is 2. The van der Waals surface area contributed by atoms with E-state index in [9.17, 15) is 4.79 Å². The molecule has 6 heteroatoms. The van der Waals surface area contributed by atoms with E-state index in [0.717, 1.165) is 30.8 Å². The fourth-order valence-corrected chi connectivity index (χ4v) is 5.25. The standard InChI is InChI=1S/C18H28N4O2/c1-11(9-13-10-12(2)21-22-13)19-17(23)20-15-14-5-8-24-16(14)18(15)6-3-4-7-18/h10-11,14-16H,3-9H2,1-2H3,(H,21,22)(H2,19,20,23)/t11-,14-,15+,16+/m0/s1. The number of H-pyrrole nitrogens is 1. The van der Waals surface area contributed by atoms with E-state index in [1.807, 2.05) is 19.9 Å². The van der Waals surface area contributed by atoms with Crippen molar-refractivity contribution in [1.82, 2.24) is 20.8 Å². The SMILES string of the molecule is Cc1cc(C[C@H](C)NC(=O)N[C@@H]2[C@@H]3CCO[C@H]3C23CCCC3)n[nH]1. The average molecular weight is 332 g/mol. The number of nitrogens with one attached hydrogen (secondary N) is 3. The van der Waals surface area contributed by atoms with Crippen molar-refractivity contribution in [2.75, 3.05) is 6.61 Å². The van der Waals surface area contributed by atoms with Gasteiger partial charge in [-0.2, -0.15) is 5.10 Å². The number of aryl methyl sites for hydroxylation is 1. The molecule has 4 rings (SSSR count). The summed E-state index contributed by atoms with van der Waals surface area (Å²) in [6.45, 7) is 4.86. The van der Waals surface area contributed by atoms with Gasteiger partial charge >= 0.3 is 6.03 Å². The van der Waals surface area contributed by atoms with Crippen LogP contribution in [0.25, 0.3) is 0 Å².